The van der Waals surface area contributed by atoms with Gasteiger partial charge in [-0.3, -0.25) is 4.79 Å². The quantitative estimate of drug-likeness (QED) is 0.880. The monoisotopic (exact) mass is 291 g/mol. The zero-order valence-corrected chi connectivity index (χ0v) is 11.9. The average Bonchev–Trinajstić information content (AvgIpc) is 2.36. The van der Waals surface area contributed by atoms with Crippen molar-refractivity contribution in [1.82, 2.24) is 9.97 Å². The van der Waals surface area contributed by atoms with Crippen molar-refractivity contribution in [2.24, 2.45) is 0 Å². The molecule has 0 aliphatic heterocycles. The number of halogens is 1. The lowest BCUT2D eigenvalue weighted by Crippen LogP contribution is -2.09. The number of rotatable bonds is 4. The lowest BCUT2D eigenvalue weighted by molar-refractivity contribution is -0.114. The van der Waals surface area contributed by atoms with Gasteiger partial charge in [0.05, 0.1) is 5.69 Å². The predicted octanol–water partition coefficient (Wildman–Crippen LogP) is 2.98. The van der Waals surface area contributed by atoms with Gasteiger partial charge in [0, 0.05) is 12.6 Å². The summed E-state index contributed by atoms with van der Waals surface area (Å²) in [5.41, 5.74) is 1.39. The number of carbonyl (C=O) groups is 1. The number of hydrogen-bond donors (Lipinski definition) is 1. The maximum Gasteiger partial charge on any atom is 0.221 e. The molecular weight excluding hydrogens is 278 g/mol. The van der Waals surface area contributed by atoms with Crippen LogP contribution in [0.5, 0.6) is 5.75 Å². The van der Waals surface area contributed by atoms with Gasteiger partial charge in [-0.15, -0.1) is 0 Å². The first-order chi connectivity index (χ1) is 9.54. The molecule has 2 aromatic rings. The topological polar surface area (TPSA) is 64.1 Å². The Morgan fingerprint density at radius 2 is 2.10 bits per heavy atom. The highest BCUT2D eigenvalue weighted by molar-refractivity contribution is 6.29. The smallest absolute Gasteiger partial charge is 0.221 e. The SMILES string of the molecule is CC(=O)Nc1ccccc1OCc1nc(C)cc(Cl)n1. The number of nitrogens with zero attached hydrogens (tertiary/aromatic N) is 2. The van der Waals surface area contributed by atoms with Crippen molar-refractivity contribution in [1.29, 1.82) is 0 Å². The summed E-state index contributed by atoms with van der Waals surface area (Å²) >= 11 is 5.87. The zero-order chi connectivity index (χ0) is 14.5. The fourth-order valence-electron chi connectivity index (χ4n) is 1.68. The number of anilines is 1. The Labute approximate surface area is 122 Å². The van der Waals surface area contributed by atoms with E-state index >= 15 is 0 Å². The summed E-state index contributed by atoms with van der Waals surface area (Å²) in [6.45, 7) is 3.46. The first-order valence-electron chi connectivity index (χ1n) is 6.04. The third kappa shape index (κ3) is 3.93. The molecule has 0 aliphatic rings. The van der Waals surface area contributed by atoms with Crippen LogP contribution in [0.4, 0.5) is 5.69 Å². The first kappa shape index (κ1) is 14.3. The minimum atomic E-state index is -0.157. The molecule has 1 heterocycles. The highest BCUT2D eigenvalue weighted by Crippen LogP contribution is 2.24. The molecule has 0 atom stereocenters. The summed E-state index contributed by atoms with van der Waals surface area (Å²) in [4.78, 5) is 19.4. The Balaban J connectivity index is 2.12. The van der Waals surface area contributed by atoms with Crippen molar-refractivity contribution in [3.8, 4) is 5.75 Å². The van der Waals surface area contributed by atoms with Gasteiger partial charge in [-0.2, -0.15) is 0 Å². The van der Waals surface area contributed by atoms with Crippen LogP contribution in [0.15, 0.2) is 30.3 Å². The van der Waals surface area contributed by atoms with Gasteiger partial charge < -0.3 is 10.1 Å². The molecule has 1 aromatic carbocycles. The van der Waals surface area contributed by atoms with E-state index in [4.69, 9.17) is 16.3 Å². The summed E-state index contributed by atoms with van der Waals surface area (Å²) in [6, 6.07) is 8.85. The maximum atomic E-state index is 11.1. The van der Waals surface area contributed by atoms with Crippen LogP contribution in [0.1, 0.15) is 18.4 Å². The van der Waals surface area contributed by atoms with Crippen molar-refractivity contribution >= 4 is 23.2 Å². The third-order valence-electron chi connectivity index (χ3n) is 2.42. The van der Waals surface area contributed by atoms with E-state index in [1.165, 1.54) is 6.92 Å². The summed E-state index contributed by atoms with van der Waals surface area (Å²) in [7, 11) is 0. The van der Waals surface area contributed by atoms with Gasteiger partial charge in [-0.25, -0.2) is 9.97 Å². The number of aromatic nitrogens is 2. The molecule has 0 fully saturated rings. The van der Waals surface area contributed by atoms with Gasteiger partial charge in [0.2, 0.25) is 5.91 Å². The van der Waals surface area contributed by atoms with E-state index in [2.05, 4.69) is 15.3 Å². The van der Waals surface area contributed by atoms with E-state index < -0.39 is 0 Å². The average molecular weight is 292 g/mol. The molecule has 0 bridgehead atoms. The molecule has 20 heavy (non-hydrogen) atoms. The molecule has 0 unspecified atom stereocenters. The van der Waals surface area contributed by atoms with Crippen LogP contribution in [0.3, 0.4) is 0 Å². The number of para-hydroxylation sites is 2. The highest BCUT2D eigenvalue weighted by atomic mass is 35.5. The van der Waals surface area contributed by atoms with Gasteiger partial charge in [-0.1, -0.05) is 23.7 Å². The number of nitrogens with one attached hydrogen (secondary N) is 1. The van der Waals surface area contributed by atoms with Gasteiger partial charge in [0.1, 0.15) is 17.5 Å². The molecule has 6 heteroatoms. The molecule has 1 aromatic heterocycles. The second kappa shape index (κ2) is 6.34. The Morgan fingerprint density at radius 3 is 2.80 bits per heavy atom. The number of aryl methyl sites for hydroxylation is 1. The summed E-state index contributed by atoms with van der Waals surface area (Å²) < 4.78 is 5.64. The molecule has 104 valence electrons. The number of carbonyl (C=O) groups excluding carboxylic acids is 1. The largest absolute Gasteiger partial charge is 0.483 e. The van der Waals surface area contributed by atoms with Crippen LogP contribution in [0.2, 0.25) is 5.15 Å². The van der Waals surface area contributed by atoms with Crippen LogP contribution in [-0.4, -0.2) is 15.9 Å². The number of amides is 1. The van der Waals surface area contributed by atoms with Crippen LogP contribution in [0, 0.1) is 6.92 Å². The Hall–Kier alpha value is -2.14. The van der Waals surface area contributed by atoms with E-state index in [-0.39, 0.29) is 12.5 Å². The normalized spacial score (nSPS) is 10.2. The fraction of sp³-hybridized carbons (Fsp3) is 0.214. The Kier molecular flexibility index (Phi) is 4.53. The number of benzene rings is 1. The summed E-state index contributed by atoms with van der Waals surface area (Å²) in [6.07, 6.45) is 0. The minimum Gasteiger partial charge on any atom is -0.483 e. The maximum absolute atomic E-state index is 11.1. The molecule has 1 N–H and O–H groups in total. The van der Waals surface area contributed by atoms with Crippen LogP contribution >= 0.6 is 11.6 Å². The second-order valence-electron chi connectivity index (χ2n) is 4.21. The standard InChI is InChI=1S/C14H14ClN3O2/c1-9-7-13(15)18-14(16-9)8-20-12-6-4-3-5-11(12)17-10(2)19/h3-7H,8H2,1-2H3,(H,17,19). The van der Waals surface area contributed by atoms with Crippen molar-refractivity contribution < 1.29 is 9.53 Å². The van der Waals surface area contributed by atoms with Gasteiger partial charge in [0.25, 0.3) is 0 Å². The molecular formula is C14H14ClN3O2. The molecule has 5 nitrogen and oxygen atoms in total. The van der Waals surface area contributed by atoms with E-state index in [0.29, 0.717) is 22.4 Å². The number of hydrogen-bond acceptors (Lipinski definition) is 4. The van der Waals surface area contributed by atoms with Crippen LogP contribution in [-0.2, 0) is 11.4 Å². The third-order valence-corrected chi connectivity index (χ3v) is 2.62. The van der Waals surface area contributed by atoms with E-state index in [1.807, 2.05) is 19.1 Å². The van der Waals surface area contributed by atoms with E-state index in [9.17, 15) is 4.79 Å². The first-order valence-corrected chi connectivity index (χ1v) is 6.42. The van der Waals surface area contributed by atoms with Crippen molar-refractivity contribution in [2.75, 3.05) is 5.32 Å². The van der Waals surface area contributed by atoms with Gasteiger partial charge >= 0.3 is 0 Å². The lowest BCUT2D eigenvalue weighted by Gasteiger charge is -2.11. The lowest BCUT2D eigenvalue weighted by atomic mass is 10.3. The second-order valence-corrected chi connectivity index (χ2v) is 4.60. The fourth-order valence-corrected chi connectivity index (χ4v) is 1.94. The minimum absolute atomic E-state index is 0.157. The van der Waals surface area contributed by atoms with Gasteiger partial charge in [0.15, 0.2) is 5.82 Å². The number of ether oxygens (including phenoxy) is 1. The van der Waals surface area contributed by atoms with E-state index in [0.717, 1.165) is 5.69 Å². The molecule has 1 amide bonds. The van der Waals surface area contributed by atoms with Crippen LogP contribution < -0.4 is 10.1 Å². The molecule has 0 radical (unpaired) electrons. The van der Waals surface area contributed by atoms with Gasteiger partial charge in [-0.05, 0) is 25.1 Å². The predicted molar refractivity (Wildman–Crippen MR) is 76.9 cm³/mol. The van der Waals surface area contributed by atoms with Crippen molar-refractivity contribution in [3.63, 3.8) is 0 Å². The van der Waals surface area contributed by atoms with Crippen molar-refractivity contribution in [3.05, 3.63) is 47.0 Å². The van der Waals surface area contributed by atoms with Crippen molar-refractivity contribution in [2.45, 2.75) is 20.5 Å². The van der Waals surface area contributed by atoms with E-state index in [1.54, 1.807) is 18.2 Å². The summed E-state index contributed by atoms with van der Waals surface area (Å²) in [5, 5.41) is 3.08. The van der Waals surface area contributed by atoms with Crippen LogP contribution in [0.25, 0.3) is 0 Å². The Bertz CT molecular complexity index is 611. The highest BCUT2D eigenvalue weighted by Gasteiger charge is 2.06. The molecule has 0 saturated carbocycles. The molecule has 0 saturated heterocycles. The Morgan fingerprint density at radius 1 is 1.35 bits per heavy atom. The molecule has 0 aliphatic carbocycles. The molecule has 0 spiro atoms. The zero-order valence-electron chi connectivity index (χ0n) is 11.2. The molecule has 2 rings (SSSR count). The summed E-state index contributed by atoms with van der Waals surface area (Å²) in [5.74, 6) is 0.896.